The Kier molecular flexibility index (Phi) is 6.46. The summed E-state index contributed by atoms with van der Waals surface area (Å²) in [6.45, 7) is -1.13. The van der Waals surface area contributed by atoms with Gasteiger partial charge in [-0.2, -0.15) is 8.78 Å². The Morgan fingerprint density at radius 2 is 1.88 bits per heavy atom. The van der Waals surface area contributed by atoms with Gasteiger partial charge in [0.25, 0.3) is 5.91 Å². The van der Waals surface area contributed by atoms with Crippen molar-refractivity contribution in [3.8, 4) is 11.5 Å². The van der Waals surface area contributed by atoms with E-state index in [2.05, 4.69) is 10.1 Å². The van der Waals surface area contributed by atoms with Gasteiger partial charge in [-0.3, -0.25) is 9.59 Å². The quantitative estimate of drug-likeness (QED) is 0.723. The number of amides is 1. The zero-order chi connectivity index (χ0) is 18.4. The van der Waals surface area contributed by atoms with Crippen molar-refractivity contribution in [3.05, 3.63) is 45.6 Å². The maximum Gasteiger partial charge on any atom is 0.387 e. The molecule has 0 atom stereocenters. The summed E-state index contributed by atoms with van der Waals surface area (Å²) in [6.07, 6.45) is 0.488. The fourth-order valence-electron chi connectivity index (χ4n) is 2.12. The van der Waals surface area contributed by atoms with E-state index in [0.717, 1.165) is 16.9 Å². The lowest BCUT2D eigenvalue weighted by Gasteiger charge is -2.11. The number of hydrogen-bond acceptors (Lipinski definition) is 5. The summed E-state index contributed by atoms with van der Waals surface area (Å²) in [5.41, 5.74) is 0.800. The van der Waals surface area contributed by atoms with Crippen LogP contribution < -0.4 is 14.8 Å². The number of methoxy groups -OCH3 is 1. The number of rotatable bonds is 8. The molecule has 0 saturated heterocycles. The molecule has 0 bridgehead atoms. The molecule has 0 aliphatic carbocycles. The number of benzene rings is 1. The van der Waals surface area contributed by atoms with Crippen LogP contribution in [-0.2, 0) is 6.42 Å². The lowest BCUT2D eigenvalue weighted by atomic mass is 10.1. The standard InChI is InChI=1S/C17H17F2NO4S/c1-10(21)14-5-6-15(25-14)16(22)20-8-7-11-3-4-12(24-17(18)19)13(9-11)23-2/h3-6,9,17H,7-8H2,1-2H3,(H,20,22). The van der Waals surface area contributed by atoms with Gasteiger partial charge in [-0.1, -0.05) is 6.07 Å². The Labute approximate surface area is 147 Å². The van der Waals surface area contributed by atoms with E-state index < -0.39 is 6.61 Å². The maximum absolute atomic E-state index is 12.3. The molecule has 134 valence electrons. The van der Waals surface area contributed by atoms with E-state index in [1.54, 1.807) is 24.3 Å². The van der Waals surface area contributed by atoms with E-state index in [9.17, 15) is 18.4 Å². The van der Waals surface area contributed by atoms with Crippen LogP contribution in [0.1, 0.15) is 31.8 Å². The molecule has 0 saturated carbocycles. The van der Waals surface area contributed by atoms with Crippen molar-refractivity contribution in [1.29, 1.82) is 0 Å². The first-order chi connectivity index (χ1) is 11.9. The molecule has 1 amide bonds. The minimum absolute atomic E-state index is 0.0411. The number of hydrogen-bond donors (Lipinski definition) is 1. The Balaban J connectivity index is 1.92. The zero-order valence-corrected chi connectivity index (χ0v) is 14.5. The highest BCUT2D eigenvalue weighted by atomic mass is 32.1. The normalized spacial score (nSPS) is 10.6. The Morgan fingerprint density at radius 3 is 2.48 bits per heavy atom. The smallest absolute Gasteiger partial charge is 0.387 e. The van der Waals surface area contributed by atoms with Gasteiger partial charge in [-0.15, -0.1) is 11.3 Å². The van der Waals surface area contributed by atoms with Crippen molar-refractivity contribution in [2.45, 2.75) is 20.0 Å². The van der Waals surface area contributed by atoms with Crippen LogP contribution in [0.3, 0.4) is 0 Å². The van der Waals surface area contributed by atoms with Gasteiger partial charge < -0.3 is 14.8 Å². The number of thiophene rings is 1. The van der Waals surface area contributed by atoms with Crippen LogP contribution in [0.2, 0.25) is 0 Å². The van der Waals surface area contributed by atoms with Gasteiger partial charge in [0.05, 0.1) is 16.9 Å². The van der Waals surface area contributed by atoms with E-state index in [4.69, 9.17) is 4.74 Å². The molecule has 1 aromatic heterocycles. The molecular formula is C17H17F2NO4S. The molecule has 0 unspecified atom stereocenters. The van der Waals surface area contributed by atoms with Gasteiger partial charge in [0, 0.05) is 6.54 Å². The van der Waals surface area contributed by atoms with Crippen molar-refractivity contribution in [2.24, 2.45) is 0 Å². The van der Waals surface area contributed by atoms with Gasteiger partial charge >= 0.3 is 6.61 Å². The number of carbonyl (C=O) groups is 2. The lowest BCUT2D eigenvalue weighted by Crippen LogP contribution is -2.24. The molecule has 1 heterocycles. The van der Waals surface area contributed by atoms with E-state index in [-0.39, 0.29) is 23.2 Å². The zero-order valence-electron chi connectivity index (χ0n) is 13.7. The average Bonchev–Trinajstić information content (AvgIpc) is 3.06. The van der Waals surface area contributed by atoms with Crippen molar-refractivity contribution in [1.82, 2.24) is 5.32 Å². The molecule has 0 spiro atoms. The molecule has 25 heavy (non-hydrogen) atoms. The maximum atomic E-state index is 12.3. The highest BCUT2D eigenvalue weighted by molar-refractivity contribution is 7.15. The van der Waals surface area contributed by atoms with Gasteiger partial charge in [-0.25, -0.2) is 0 Å². The number of ketones is 1. The number of ether oxygens (including phenoxy) is 2. The number of alkyl halides is 2. The van der Waals surface area contributed by atoms with E-state index >= 15 is 0 Å². The SMILES string of the molecule is COc1cc(CCNC(=O)c2ccc(C(C)=O)s2)ccc1OC(F)F. The fourth-order valence-corrected chi connectivity index (χ4v) is 2.94. The van der Waals surface area contributed by atoms with Crippen LogP contribution in [0.15, 0.2) is 30.3 Å². The summed E-state index contributed by atoms with van der Waals surface area (Å²) in [5.74, 6) is -0.182. The molecule has 5 nitrogen and oxygen atoms in total. The van der Waals surface area contributed by atoms with Gasteiger partial charge in [0.15, 0.2) is 17.3 Å². The summed E-state index contributed by atoms with van der Waals surface area (Å²) in [4.78, 5) is 24.3. The summed E-state index contributed by atoms with van der Waals surface area (Å²) in [7, 11) is 1.36. The first-order valence-corrected chi connectivity index (χ1v) is 8.23. The number of Topliss-reactive ketones (excluding diaryl/α,β-unsaturated/α-hetero) is 1. The van der Waals surface area contributed by atoms with Gasteiger partial charge in [0.1, 0.15) is 0 Å². The third-order valence-electron chi connectivity index (χ3n) is 3.32. The molecule has 2 aromatic rings. The molecule has 2 rings (SSSR count). The second kappa shape index (κ2) is 8.57. The number of halogens is 2. The molecule has 0 radical (unpaired) electrons. The highest BCUT2D eigenvalue weighted by Crippen LogP contribution is 2.29. The molecule has 0 fully saturated rings. The highest BCUT2D eigenvalue weighted by Gasteiger charge is 2.13. The molecule has 0 aliphatic rings. The third-order valence-corrected chi connectivity index (χ3v) is 4.50. The summed E-state index contributed by atoms with van der Waals surface area (Å²) < 4.78 is 34.0. The fraction of sp³-hybridized carbons (Fsp3) is 0.294. The number of nitrogens with one attached hydrogen (secondary N) is 1. The predicted molar refractivity (Wildman–Crippen MR) is 90.0 cm³/mol. The summed E-state index contributed by atoms with van der Waals surface area (Å²) >= 11 is 1.14. The van der Waals surface area contributed by atoms with Crippen LogP contribution in [0, 0.1) is 0 Å². The molecular weight excluding hydrogens is 352 g/mol. The Bertz CT molecular complexity index is 761. The van der Waals surface area contributed by atoms with Crippen molar-refractivity contribution in [3.63, 3.8) is 0 Å². The Hall–Kier alpha value is -2.48. The van der Waals surface area contributed by atoms with E-state index in [1.165, 1.54) is 20.1 Å². The Morgan fingerprint density at radius 1 is 1.16 bits per heavy atom. The van der Waals surface area contributed by atoms with E-state index in [0.29, 0.717) is 22.7 Å². The predicted octanol–water partition coefficient (Wildman–Crippen LogP) is 3.53. The van der Waals surface area contributed by atoms with Crippen LogP contribution in [0.5, 0.6) is 11.5 Å². The number of carbonyl (C=O) groups excluding carboxylic acids is 2. The van der Waals surface area contributed by atoms with Crippen molar-refractivity contribution in [2.75, 3.05) is 13.7 Å². The van der Waals surface area contributed by atoms with Gasteiger partial charge in [0.2, 0.25) is 0 Å². The summed E-state index contributed by atoms with van der Waals surface area (Å²) in [5, 5.41) is 2.75. The lowest BCUT2D eigenvalue weighted by molar-refractivity contribution is -0.0512. The topological polar surface area (TPSA) is 64.6 Å². The van der Waals surface area contributed by atoms with Crippen LogP contribution in [0.25, 0.3) is 0 Å². The van der Waals surface area contributed by atoms with Crippen LogP contribution in [0.4, 0.5) is 8.78 Å². The van der Waals surface area contributed by atoms with Crippen molar-refractivity contribution < 1.29 is 27.8 Å². The molecule has 1 N–H and O–H groups in total. The molecule has 1 aromatic carbocycles. The van der Waals surface area contributed by atoms with E-state index in [1.807, 2.05) is 0 Å². The van der Waals surface area contributed by atoms with Gasteiger partial charge in [-0.05, 0) is 43.2 Å². The summed E-state index contributed by atoms with van der Waals surface area (Å²) in [6, 6.07) is 7.85. The molecule has 0 aliphatic heterocycles. The van der Waals surface area contributed by atoms with Crippen LogP contribution in [-0.4, -0.2) is 32.0 Å². The minimum atomic E-state index is -2.93. The molecule has 8 heteroatoms. The monoisotopic (exact) mass is 369 g/mol. The third kappa shape index (κ3) is 5.25. The first kappa shape index (κ1) is 18.9. The average molecular weight is 369 g/mol. The minimum Gasteiger partial charge on any atom is -0.493 e. The first-order valence-electron chi connectivity index (χ1n) is 7.41. The second-order valence-electron chi connectivity index (χ2n) is 5.09. The van der Waals surface area contributed by atoms with Crippen molar-refractivity contribution >= 4 is 23.0 Å². The van der Waals surface area contributed by atoms with Crippen LogP contribution >= 0.6 is 11.3 Å². The second-order valence-corrected chi connectivity index (χ2v) is 6.17. The largest absolute Gasteiger partial charge is 0.493 e.